The monoisotopic (exact) mass is 257 g/mol. The molecule has 1 aromatic rings. The molecule has 1 heterocycles. The van der Waals surface area contributed by atoms with Gasteiger partial charge >= 0.3 is 0 Å². The summed E-state index contributed by atoms with van der Waals surface area (Å²) in [5.74, 6) is 3.72. The third-order valence-corrected chi connectivity index (χ3v) is 3.12. The quantitative estimate of drug-likeness (QED) is 0.775. The van der Waals surface area contributed by atoms with E-state index in [4.69, 9.17) is 11.2 Å². The first-order valence-corrected chi connectivity index (χ1v) is 6.58. The number of amides is 1. The van der Waals surface area contributed by atoms with Crippen molar-refractivity contribution in [3.05, 3.63) is 29.8 Å². The van der Waals surface area contributed by atoms with Gasteiger partial charge in [0.05, 0.1) is 6.10 Å². The minimum atomic E-state index is 0.0658. The Kier molecular flexibility index (Phi) is 4.11. The first kappa shape index (κ1) is 13.5. The van der Waals surface area contributed by atoms with Crippen LogP contribution in [0.25, 0.3) is 0 Å². The molecule has 2 rings (SSSR count). The summed E-state index contributed by atoms with van der Waals surface area (Å²) < 4.78 is 5.59. The summed E-state index contributed by atoms with van der Waals surface area (Å²) in [7, 11) is 0. The molecule has 0 spiro atoms. The van der Waals surface area contributed by atoms with E-state index in [1.165, 1.54) is 0 Å². The summed E-state index contributed by atoms with van der Waals surface area (Å²) in [6.07, 6.45) is 6.02. The molecule has 0 aliphatic carbocycles. The Bertz CT molecular complexity index is 484. The van der Waals surface area contributed by atoms with Gasteiger partial charge in [-0.3, -0.25) is 4.79 Å². The van der Waals surface area contributed by atoms with Crippen molar-refractivity contribution in [3.63, 3.8) is 0 Å². The van der Waals surface area contributed by atoms with Crippen LogP contribution in [0.2, 0.25) is 0 Å². The highest BCUT2D eigenvalue weighted by atomic mass is 16.5. The molecule has 3 nitrogen and oxygen atoms in total. The zero-order valence-corrected chi connectivity index (χ0v) is 11.4. The Labute approximate surface area is 114 Å². The summed E-state index contributed by atoms with van der Waals surface area (Å²) in [5.41, 5.74) is 1.10. The normalized spacial score (nSPS) is 18.7. The van der Waals surface area contributed by atoms with Gasteiger partial charge in [-0.05, 0) is 31.5 Å². The van der Waals surface area contributed by atoms with Gasteiger partial charge in [0.15, 0.2) is 0 Å². The summed E-state index contributed by atoms with van der Waals surface area (Å²) in [4.78, 5) is 13.6. The van der Waals surface area contributed by atoms with Crippen LogP contribution in [0.15, 0.2) is 24.3 Å². The van der Waals surface area contributed by atoms with E-state index in [0.29, 0.717) is 19.5 Å². The average molecular weight is 257 g/mol. The number of hydrogen-bond donors (Lipinski definition) is 0. The molecule has 0 aromatic heterocycles. The molecule has 100 valence electrons. The second-order valence-electron chi connectivity index (χ2n) is 5.15. The predicted octanol–water partition coefficient (Wildman–Crippen LogP) is 2.46. The molecule has 1 aliphatic heterocycles. The fourth-order valence-electron chi connectivity index (χ4n) is 2.20. The molecule has 0 N–H and O–H groups in total. The Morgan fingerprint density at radius 3 is 2.63 bits per heavy atom. The molecule has 1 amide bonds. The highest BCUT2D eigenvalue weighted by Crippen LogP contribution is 2.21. The molecule has 1 aromatic carbocycles. The van der Waals surface area contributed by atoms with Gasteiger partial charge < -0.3 is 9.64 Å². The highest BCUT2D eigenvalue weighted by Gasteiger charge is 2.27. The Morgan fingerprint density at radius 1 is 1.42 bits per heavy atom. The summed E-state index contributed by atoms with van der Waals surface area (Å²) in [6, 6.07) is 7.87. The molecule has 0 saturated carbocycles. The number of hydrogen-bond acceptors (Lipinski definition) is 2. The molecule has 1 aliphatic rings. The maximum absolute atomic E-state index is 11.8. The SMILES string of the molecule is C#CC1CC(=O)N(Cc2ccc(OC(C)C)cc2)C1. The molecule has 1 unspecified atom stereocenters. The second-order valence-corrected chi connectivity index (χ2v) is 5.15. The number of rotatable bonds is 4. The standard InChI is InChI=1S/C16H19NO2/c1-4-13-9-16(18)17(10-13)11-14-5-7-15(8-6-14)19-12(2)3/h1,5-8,12-13H,9-11H2,2-3H3. The fraction of sp³-hybridized carbons (Fsp3) is 0.438. The third-order valence-electron chi connectivity index (χ3n) is 3.12. The lowest BCUT2D eigenvalue weighted by molar-refractivity contribution is -0.128. The van der Waals surface area contributed by atoms with Gasteiger partial charge in [-0.2, -0.15) is 0 Å². The van der Waals surface area contributed by atoms with Crippen molar-refractivity contribution in [1.82, 2.24) is 4.90 Å². The van der Waals surface area contributed by atoms with Crippen molar-refractivity contribution in [2.45, 2.75) is 32.9 Å². The highest BCUT2D eigenvalue weighted by molar-refractivity contribution is 5.79. The van der Waals surface area contributed by atoms with Crippen LogP contribution in [0, 0.1) is 18.3 Å². The Balaban J connectivity index is 1.97. The van der Waals surface area contributed by atoms with Crippen molar-refractivity contribution in [1.29, 1.82) is 0 Å². The van der Waals surface area contributed by atoms with Crippen molar-refractivity contribution in [2.75, 3.05) is 6.54 Å². The van der Waals surface area contributed by atoms with Crippen LogP contribution in [0.3, 0.4) is 0 Å². The molecule has 1 atom stereocenters. The molecule has 0 bridgehead atoms. The summed E-state index contributed by atoms with van der Waals surface area (Å²) in [5, 5.41) is 0. The van der Waals surface area contributed by atoms with Crippen LogP contribution < -0.4 is 4.74 Å². The van der Waals surface area contributed by atoms with Crippen LogP contribution in [0.4, 0.5) is 0 Å². The molecular formula is C16H19NO2. The minimum Gasteiger partial charge on any atom is -0.491 e. The van der Waals surface area contributed by atoms with E-state index in [0.717, 1.165) is 11.3 Å². The van der Waals surface area contributed by atoms with Crippen molar-refractivity contribution in [2.24, 2.45) is 5.92 Å². The summed E-state index contributed by atoms with van der Waals surface area (Å²) >= 11 is 0. The number of benzene rings is 1. The largest absolute Gasteiger partial charge is 0.491 e. The van der Waals surface area contributed by atoms with E-state index < -0.39 is 0 Å². The van der Waals surface area contributed by atoms with E-state index in [2.05, 4.69) is 5.92 Å². The van der Waals surface area contributed by atoms with Gasteiger partial charge in [0.2, 0.25) is 5.91 Å². The number of carbonyl (C=O) groups is 1. The van der Waals surface area contributed by atoms with Gasteiger partial charge in [-0.15, -0.1) is 12.3 Å². The molecular weight excluding hydrogens is 238 g/mol. The number of likely N-dealkylation sites (tertiary alicyclic amines) is 1. The lowest BCUT2D eigenvalue weighted by Crippen LogP contribution is -2.24. The first-order valence-electron chi connectivity index (χ1n) is 6.58. The van der Waals surface area contributed by atoms with E-state index in [1.807, 2.05) is 43.0 Å². The van der Waals surface area contributed by atoms with Gasteiger partial charge in [0.1, 0.15) is 5.75 Å². The zero-order valence-electron chi connectivity index (χ0n) is 11.4. The molecule has 3 heteroatoms. The number of terminal acetylenes is 1. The number of ether oxygens (including phenoxy) is 1. The molecule has 0 radical (unpaired) electrons. The first-order chi connectivity index (χ1) is 9.08. The van der Waals surface area contributed by atoms with E-state index in [9.17, 15) is 4.79 Å². The zero-order chi connectivity index (χ0) is 13.8. The average Bonchev–Trinajstić information content (AvgIpc) is 2.72. The van der Waals surface area contributed by atoms with Gasteiger partial charge in [0, 0.05) is 25.4 Å². The predicted molar refractivity (Wildman–Crippen MR) is 74.6 cm³/mol. The number of carbonyl (C=O) groups excluding carboxylic acids is 1. The van der Waals surface area contributed by atoms with Gasteiger partial charge in [-0.1, -0.05) is 12.1 Å². The van der Waals surface area contributed by atoms with E-state index in [1.54, 1.807) is 0 Å². The van der Waals surface area contributed by atoms with Gasteiger partial charge in [0.25, 0.3) is 0 Å². The third kappa shape index (κ3) is 3.51. The lowest BCUT2D eigenvalue weighted by Gasteiger charge is -2.16. The van der Waals surface area contributed by atoms with Crippen LogP contribution in [-0.2, 0) is 11.3 Å². The lowest BCUT2D eigenvalue weighted by atomic mass is 10.1. The van der Waals surface area contributed by atoms with Crippen molar-refractivity contribution >= 4 is 5.91 Å². The van der Waals surface area contributed by atoms with Crippen molar-refractivity contribution < 1.29 is 9.53 Å². The van der Waals surface area contributed by atoms with Crippen LogP contribution in [0.1, 0.15) is 25.8 Å². The topological polar surface area (TPSA) is 29.5 Å². The maximum Gasteiger partial charge on any atom is 0.224 e. The Hall–Kier alpha value is -1.95. The van der Waals surface area contributed by atoms with Crippen LogP contribution >= 0.6 is 0 Å². The fourth-order valence-corrected chi connectivity index (χ4v) is 2.20. The van der Waals surface area contributed by atoms with E-state index in [-0.39, 0.29) is 17.9 Å². The Morgan fingerprint density at radius 2 is 2.11 bits per heavy atom. The smallest absolute Gasteiger partial charge is 0.224 e. The van der Waals surface area contributed by atoms with E-state index >= 15 is 0 Å². The molecule has 1 fully saturated rings. The molecule has 19 heavy (non-hydrogen) atoms. The number of nitrogens with zero attached hydrogens (tertiary/aromatic N) is 1. The summed E-state index contributed by atoms with van der Waals surface area (Å²) in [6.45, 7) is 5.28. The maximum atomic E-state index is 11.8. The minimum absolute atomic E-state index is 0.0658. The van der Waals surface area contributed by atoms with Gasteiger partial charge in [-0.25, -0.2) is 0 Å². The second kappa shape index (κ2) is 5.79. The van der Waals surface area contributed by atoms with Crippen LogP contribution in [0.5, 0.6) is 5.75 Å². The van der Waals surface area contributed by atoms with Crippen LogP contribution in [-0.4, -0.2) is 23.5 Å². The van der Waals surface area contributed by atoms with Crippen molar-refractivity contribution in [3.8, 4) is 18.1 Å². The molecule has 1 saturated heterocycles.